The van der Waals surface area contributed by atoms with Crippen LogP contribution in [-0.2, 0) is 0 Å². The average Bonchev–Trinajstić information content (AvgIpc) is 3.22. The van der Waals surface area contributed by atoms with Gasteiger partial charge in [0.25, 0.3) is 5.56 Å². The zero-order valence-corrected chi connectivity index (χ0v) is 18.3. The Hall–Kier alpha value is -3.74. The molecular formula is C25H26N4O3. The van der Waals surface area contributed by atoms with Crippen LogP contribution in [0.4, 0.5) is 0 Å². The molecular weight excluding hydrogens is 404 g/mol. The average molecular weight is 431 g/mol. The van der Waals surface area contributed by atoms with Gasteiger partial charge in [-0.3, -0.25) is 4.79 Å². The number of nitrogens with zero attached hydrogens (tertiary/aromatic N) is 3. The molecule has 2 aromatic carbocycles. The summed E-state index contributed by atoms with van der Waals surface area (Å²) in [6.07, 6.45) is 6.09. The predicted octanol–water partition coefficient (Wildman–Crippen LogP) is 3.16. The Morgan fingerprint density at radius 2 is 1.78 bits per heavy atom. The van der Waals surface area contributed by atoms with E-state index < -0.39 is 0 Å². The molecule has 32 heavy (non-hydrogen) atoms. The van der Waals surface area contributed by atoms with Gasteiger partial charge in [0.2, 0.25) is 0 Å². The highest BCUT2D eigenvalue weighted by molar-refractivity contribution is 5.68. The molecule has 1 N–H and O–H groups in total. The lowest BCUT2D eigenvalue weighted by molar-refractivity contribution is 0.355. The summed E-state index contributed by atoms with van der Waals surface area (Å²) in [4.78, 5) is 18.5. The molecule has 5 rings (SSSR count). The predicted molar refractivity (Wildman–Crippen MR) is 124 cm³/mol. The molecule has 7 heteroatoms. The van der Waals surface area contributed by atoms with Crippen molar-refractivity contribution in [3.8, 4) is 28.4 Å². The van der Waals surface area contributed by atoms with Crippen molar-refractivity contribution in [2.75, 3.05) is 20.8 Å². The van der Waals surface area contributed by atoms with Crippen LogP contribution < -0.4 is 25.6 Å². The molecule has 4 aromatic rings. The highest BCUT2D eigenvalue weighted by Gasteiger charge is 2.20. The first-order chi connectivity index (χ1) is 15.7. The summed E-state index contributed by atoms with van der Waals surface area (Å²) in [6, 6.07) is 15.4. The fraction of sp³-hybridized carbons (Fsp3) is 0.280. The Kier molecular flexibility index (Phi) is 5.31. The molecule has 3 heterocycles. The second-order valence-corrected chi connectivity index (χ2v) is 7.91. The lowest BCUT2D eigenvalue weighted by atomic mass is 10.1. The zero-order valence-electron chi connectivity index (χ0n) is 18.3. The maximum Gasteiger partial charge on any atom is 0.283 e. The van der Waals surface area contributed by atoms with Gasteiger partial charge in [0.1, 0.15) is 5.22 Å². The number of benzene rings is 2. The largest absolute Gasteiger partial charge is 0.493 e. The fourth-order valence-corrected chi connectivity index (χ4v) is 4.35. The molecule has 0 spiro atoms. The van der Waals surface area contributed by atoms with Crippen molar-refractivity contribution >= 4 is 11.3 Å². The number of methoxy groups -OCH3 is 2. The van der Waals surface area contributed by atoms with Crippen LogP contribution in [0.1, 0.15) is 25.7 Å². The van der Waals surface area contributed by atoms with E-state index in [2.05, 4.69) is 5.32 Å². The third-order valence-electron chi connectivity index (χ3n) is 5.96. The van der Waals surface area contributed by atoms with Gasteiger partial charge < -0.3 is 14.8 Å². The van der Waals surface area contributed by atoms with Gasteiger partial charge in [-0.15, -0.1) is 0 Å². The number of para-hydroxylation sites is 1. The van der Waals surface area contributed by atoms with Crippen molar-refractivity contribution in [1.29, 1.82) is 0 Å². The van der Waals surface area contributed by atoms with Crippen LogP contribution >= 0.6 is 0 Å². The van der Waals surface area contributed by atoms with Crippen molar-refractivity contribution in [2.45, 2.75) is 25.7 Å². The van der Waals surface area contributed by atoms with Gasteiger partial charge in [-0.25, -0.2) is 14.2 Å². The van der Waals surface area contributed by atoms with E-state index in [-0.39, 0.29) is 5.56 Å². The van der Waals surface area contributed by atoms with Gasteiger partial charge in [-0.05, 0) is 49.6 Å². The van der Waals surface area contributed by atoms with Gasteiger partial charge >= 0.3 is 0 Å². The molecule has 1 saturated heterocycles. The number of ether oxygens (including phenoxy) is 2. The minimum absolute atomic E-state index is 0.0537. The van der Waals surface area contributed by atoms with Crippen LogP contribution in [0.15, 0.2) is 59.5 Å². The Morgan fingerprint density at radius 1 is 0.969 bits per heavy atom. The number of aromatic nitrogens is 3. The Morgan fingerprint density at radius 3 is 2.56 bits per heavy atom. The molecule has 0 unspecified atom stereocenters. The van der Waals surface area contributed by atoms with Gasteiger partial charge in [-0.1, -0.05) is 24.6 Å². The van der Waals surface area contributed by atoms with Crippen molar-refractivity contribution < 1.29 is 9.47 Å². The minimum Gasteiger partial charge on any atom is -0.493 e. The van der Waals surface area contributed by atoms with E-state index in [0.29, 0.717) is 22.4 Å². The van der Waals surface area contributed by atoms with E-state index in [4.69, 9.17) is 14.5 Å². The van der Waals surface area contributed by atoms with Crippen molar-refractivity contribution in [2.24, 2.45) is 0 Å². The van der Waals surface area contributed by atoms with Crippen molar-refractivity contribution in [1.82, 2.24) is 19.5 Å². The Labute approximate surface area is 185 Å². The SMILES string of the molecule is COc1ccc(-c2cn3c(n2)c(=C2CCCCCN2)c(=O)n3-c2ccccc2)cc1OC. The van der Waals surface area contributed by atoms with Crippen LogP contribution in [0.2, 0.25) is 0 Å². The summed E-state index contributed by atoms with van der Waals surface area (Å²) in [6.45, 7) is 0.876. The molecule has 0 saturated carbocycles. The van der Waals surface area contributed by atoms with Crippen molar-refractivity contribution in [3.05, 3.63) is 70.3 Å². The lowest BCUT2D eigenvalue weighted by Crippen LogP contribution is -2.33. The monoisotopic (exact) mass is 430 g/mol. The number of rotatable bonds is 4. The van der Waals surface area contributed by atoms with Crippen LogP contribution in [0.3, 0.4) is 0 Å². The summed E-state index contributed by atoms with van der Waals surface area (Å²) in [5.74, 6) is 1.30. The maximum absolute atomic E-state index is 13.6. The van der Waals surface area contributed by atoms with E-state index >= 15 is 0 Å². The normalized spacial score (nSPS) is 15.9. The third-order valence-corrected chi connectivity index (χ3v) is 5.96. The first-order valence-electron chi connectivity index (χ1n) is 10.9. The molecule has 0 atom stereocenters. The first-order valence-corrected chi connectivity index (χ1v) is 10.9. The number of fused-ring (bicyclic) bond motifs is 1. The smallest absolute Gasteiger partial charge is 0.283 e. The fourth-order valence-electron chi connectivity index (χ4n) is 4.35. The Bertz CT molecular complexity index is 1360. The van der Waals surface area contributed by atoms with Crippen LogP contribution in [0.5, 0.6) is 11.5 Å². The summed E-state index contributed by atoms with van der Waals surface area (Å²) < 4.78 is 14.4. The summed E-state index contributed by atoms with van der Waals surface area (Å²) >= 11 is 0. The highest BCUT2D eigenvalue weighted by Crippen LogP contribution is 2.32. The molecule has 0 aliphatic carbocycles. The van der Waals surface area contributed by atoms with Gasteiger partial charge in [-0.2, -0.15) is 0 Å². The van der Waals surface area contributed by atoms with Crippen molar-refractivity contribution in [3.63, 3.8) is 0 Å². The molecule has 2 aromatic heterocycles. The second kappa shape index (κ2) is 8.42. The van der Waals surface area contributed by atoms with Gasteiger partial charge in [0.05, 0.1) is 31.8 Å². The Balaban J connectivity index is 1.78. The number of imidazole rings is 1. The molecule has 0 bridgehead atoms. The standard InChI is InChI=1S/C25H26N4O3/c1-31-21-13-12-17(15-22(21)32-2)20-16-28-24(27-20)23(19-11-7-4-8-14-26-19)25(30)29(28)18-9-5-3-6-10-18/h3,5-6,9-10,12-13,15-16,26H,4,7-8,11,14H2,1-2H3. The molecule has 1 fully saturated rings. The number of nitrogens with one attached hydrogen (secondary N) is 1. The molecule has 1 aliphatic heterocycles. The van der Waals surface area contributed by atoms with E-state index in [1.165, 1.54) is 0 Å². The van der Waals surface area contributed by atoms with Gasteiger partial charge in [0.15, 0.2) is 17.1 Å². The highest BCUT2D eigenvalue weighted by atomic mass is 16.5. The van der Waals surface area contributed by atoms with Crippen LogP contribution in [0.25, 0.3) is 28.3 Å². The summed E-state index contributed by atoms with van der Waals surface area (Å²) in [5, 5.41) is 4.15. The summed E-state index contributed by atoms with van der Waals surface area (Å²) in [7, 11) is 3.23. The lowest BCUT2D eigenvalue weighted by Gasteiger charge is -2.08. The van der Waals surface area contributed by atoms with E-state index in [9.17, 15) is 4.79 Å². The number of hydrogen-bond donors (Lipinski definition) is 1. The van der Waals surface area contributed by atoms with E-state index in [0.717, 1.165) is 54.9 Å². The molecule has 7 nitrogen and oxygen atoms in total. The number of hydrogen-bond acceptors (Lipinski definition) is 5. The third kappa shape index (κ3) is 3.39. The topological polar surface area (TPSA) is 69.8 Å². The van der Waals surface area contributed by atoms with E-state index in [1.807, 2.05) is 59.2 Å². The maximum atomic E-state index is 13.6. The molecule has 1 aliphatic rings. The first kappa shape index (κ1) is 20.2. The van der Waals surface area contributed by atoms with Gasteiger partial charge in [0, 0.05) is 17.8 Å². The second-order valence-electron chi connectivity index (χ2n) is 7.91. The van der Waals surface area contributed by atoms with E-state index in [1.54, 1.807) is 18.9 Å². The molecule has 0 amide bonds. The molecule has 164 valence electrons. The summed E-state index contributed by atoms with van der Waals surface area (Å²) in [5.41, 5.74) is 4.05. The molecule has 0 radical (unpaired) electrons. The van der Waals surface area contributed by atoms with Crippen LogP contribution in [-0.4, -0.2) is 34.9 Å². The zero-order chi connectivity index (χ0) is 22.1. The minimum atomic E-state index is -0.0537. The van der Waals surface area contributed by atoms with Crippen LogP contribution in [0, 0.1) is 0 Å². The quantitative estimate of drug-likeness (QED) is 0.539.